The molecule has 0 saturated carbocycles. The number of anilines is 1. The standard InChI is InChI=1S/C25H26Cl2N2O3S/c1-16-8-9-17(2)21(14-16)18(3)28-25(30)19-10-12-20(13-11-19)29(33(4,31)32)15-22-23(26)6-5-7-24(22)27/h5-14,18H,15H2,1-4H3,(H,28,30). The molecule has 0 bridgehead atoms. The highest BCUT2D eigenvalue weighted by atomic mass is 35.5. The number of amides is 1. The van der Waals surface area contributed by atoms with Crippen molar-refractivity contribution in [3.63, 3.8) is 0 Å². The molecule has 174 valence electrons. The van der Waals surface area contributed by atoms with Crippen molar-refractivity contribution in [2.24, 2.45) is 0 Å². The molecule has 0 saturated heterocycles. The molecule has 1 atom stereocenters. The molecule has 0 fully saturated rings. The quantitative estimate of drug-likeness (QED) is 0.424. The summed E-state index contributed by atoms with van der Waals surface area (Å²) in [7, 11) is -3.63. The maximum atomic E-state index is 12.8. The highest BCUT2D eigenvalue weighted by molar-refractivity contribution is 7.92. The molecule has 0 aliphatic carbocycles. The van der Waals surface area contributed by atoms with Gasteiger partial charge in [0, 0.05) is 21.2 Å². The molecule has 0 aromatic heterocycles. The molecule has 1 unspecified atom stereocenters. The molecule has 1 N–H and O–H groups in total. The number of hydrogen-bond donors (Lipinski definition) is 1. The third-order valence-corrected chi connectivity index (χ3v) is 7.28. The van der Waals surface area contributed by atoms with Crippen LogP contribution in [-0.2, 0) is 16.6 Å². The van der Waals surface area contributed by atoms with Crippen LogP contribution in [0.25, 0.3) is 0 Å². The summed E-state index contributed by atoms with van der Waals surface area (Å²) in [6, 6.07) is 17.4. The van der Waals surface area contributed by atoms with E-state index >= 15 is 0 Å². The van der Waals surface area contributed by atoms with Crippen molar-refractivity contribution >= 4 is 44.8 Å². The lowest BCUT2D eigenvalue weighted by atomic mass is 9.99. The number of carbonyl (C=O) groups is 1. The third kappa shape index (κ3) is 6.08. The zero-order chi connectivity index (χ0) is 24.3. The molecule has 0 radical (unpaired) electrons. The minimum absolute atomic E-state index is 0.0213. The van der Waals surface area contributed by atoms with Gasteiger partial charge in [0.05, 0.1) is 24.5 Å². The fourth-order valence-corrected chi connectivity index (χ4v) is 4.98. The molecular weight excluding hydrogens is 479 g/mol. The average Bonchev–Trinajstić information content (AvgIpc) is 2.74. The number of benzene rings is 3. The van der Waals surface area contributed by atoms with Crippen molar-refractivity contribution in [2.45, 2.75) is 33.4 Å². The number of carbonyl (C=O) groups excluding carboxylic acids is 1. The zero-order valence-corrected chi connectivity index (χ0v) is 21.2. The molecule has 0 aliphatic rings. The van der Waals surface area contributed by atoms with E-state index in [4.69, 9.17) is 23.2 Å². The number of sulfonamides is 1. The van der Waals surface area contributed by atoms with Gasteiger partial charge in [0.1, 0.15) is 0 Å². The predicted octanol–water partition coefficient (Wildman–Crippen LogP) is 6.07. The van der Waals surface area contributed by atoms with Crippen LogP contribution in [0.2, 0.25) is 10.0 Å². The summed E-state index contributed by atoms with van der Waals surface area (Å²) in [4.78, 5) is 12.8. The minimum atomic E-state index is -3.63. The molecule has 33 heavy (non-hydrogen) atoms. The van der Waals surface area contributed by atoms with E-state index in [0.717, 1.165) is 22.9 Å². The normalized spacial score (nSPS) is 12.3. The van der Waals surface area contributed by atoms with Crippen LogP contribution in [0.3, 0.4) is 0 Å². The summed E-state index contributed by atoms with van der Waals surface area (Å²) < 4.78 is 26.2. The number of halogens is 2. The van der Waals surface area contributed by atoms with Gasteiger partial charge in [-0.15, -0.1) is 0 Å². The van der Waals surface area contributed by atoms with E-state index in [2.05, 4.69) is 11.4 Å². The number of aryl methyl sites for hydroxylation is 2. The maximum absolute atomic E-state index is 12.8. The van der Waals surface area contributed by atoms with Gasteiger partial charge in [-0.1, -0.05) is 53.0 Å². The average molecular weight is 505 g/mol. The second kappa shape index (κ2) is 10.2. The Morgan fingerprint density at radius 3 is 2.18 bits per heavy atom. The maximum Gasteiger partial charge on any atom is 0.251 e. The lowest BCUT2D eigenvalue weighted by molar-refractivity contribution is 0.0940. The smallest absolute Gasteiger partial charge is 0.251 e. The van der Waals surface area contributed by atoms with Gasteiger partial charge in [0.15, 0.2) is 0 Å². The Labute approximate surface area is 205 Å². The van der Waals surface area contributed by atoms with Gasteiger partial charge in [-0.25, -0.2) is 8.42 Å². The second-order valence-corrected chi connectivity index (χ2v) is 10.8. The summed E-state index contributed by atoms with van der Waals surface area (Å²) in [6.07, 6.45) is 1.12. The molecule has 5 nitrogen and oxygen atoms in total. The van der Waals surface area contributed by atoms with Crippen LogP contribution in [0.5, 0.6) is 0 Å². The number of hydrogen-bond acceptors (Lipinski definition) is 3. The summed E-state index contributed by atoms with van der Waals surface area (Å²) >= 11 is 12.5. The van der Waals surface area contributed by atoms with Crippen LogP contribution in [0.15, 0.2) is 60.7 Å². The first-order chi connectivity index (χ1) is 15.5. The van der Waals surface area contributed by atoms with E-state index in [1.165, 1.54) is 4.31 Å². The molecule has 8 heteroatoms. The van der Waals surface area contributed by atoms with Crippen molar-refractivity contribution in [2.75, 3.05) is 10.6 Å². The van der Waals surface area contributed by atoms with Crippen molar-refractivity contribution in [3.05, 3.63) is 98.5 Å². The SMILES string of the molecule is Cc1ccc(C)c(C(C)NC(=O)c2ccc(N(Cc3c(Cl)cccc3Cl)S(C)(=O)=O)cc2)c1. The molecule has 3 rings (SSSR count). The summed E-state index contributed by atoms with van der Waals surface area (Å²) in [5, 5.41) is 3.77. The molecule has 3 aromatic rings. The first-order valence-electron chi connectivity index (χ1n) is 10.4. The van der Waals surface area contributed by atoms with Crippen molar-refractivity contribution < 1.29 is 13.2 Å². The van der Waals surface area contributed by atoms with Gasteiger partial charge in [0.2, 0.25) is 10.0 Å². The first kappa shape index (κ1) is 25.1. The number of nitrogens with zero attached hydrogens (tertiary/aromatic N) is 1. The van der Waals surface area contributed by atoms with E-state index in [9.17, 15) is 13.2 Å². The van der Waals surface area contributed by atoms with Crippen LogP contribution in [0.4, 0.5) is 5.69 Å². The molecule has 0 spiro atoms. The molecule has 0 heterocycles. The van der Waals surface area contributed by atoms with E-state index in [1.54, 1.807) is 42.5 Å². The lowest BCUT2D eigenvalue weighted by Gasteiger charge is -2.24. The fraction of sp³-hybridized carbons (Fsp3) is 0.240. The van der Waals surface area contributed by atoms with Crippen LogP contribution < -0.4 is 9.62 Å². The highest BCUT2D eigenvalue weighted by Crippen LogP contribution is 2.29. The highest BCUT2D eigenvalue weighted by Gasteiger charge is 2.21. The summed E-state index contributed by atoms with van der Waals surface area (Å²) in [5.74, 6) is -0.241. The minimum Gasteiger partial charge on any atom is -0.346 e. The Morgan fingerprint density at radius 1 is 1.00 bits per heavy atom. The lowest BCUT2D eigenvalue weighted by Crippen LogP contribution is -2.30. The monoisotopic (exact) mass is 504 g/mol. The predicted molar refractivity (Wildman–Crippen MR) is 136 cm³/mol. The Balaban J connectivity index is 1.82. The van der Waals surface area contributed by atoms with E-state index < -0.39 is 10.0 Å². The summed E-state index contributed by atoms with van der Waals surface area (Å²) in [6.45, 7) is 5.94. The van der Waals surface area contributed by atoms with Gasteiger partial charge in [-0.05, 0) is 68.3 Å². The third-order valence-electron chi connectivity index (χ3n) is 5.43. The van der Waals surface area contributed by atoms with E-state index in [1.807, 2.05) is 32.9 Å². The van der Waals surface area contributed by atoms with Crippen LogP contribution in [0, 0.1) is 13.8 Å². The topological polar surface area (TPSA) is 66.5 Å². The Hall–Kier alpha value is -2.54. The van der Waals surface area contributed by atoms with Crippen molar-refractivity contribution in [1.29, 1.82) is 0 Å². The van der Waals surface area contributed by atoms with Gasteiger partial charge in [0.25, 0.3) is 5.91 Å². The Bertz CT molecular complexity index is 1260. The first-order valence-corrected chi connectivity index (χ1v) is 13.0. The van der Waals surface area contributed by atoms with E-state index in [0.29, 0.717) is 26.9 Å². The van der Waals surface area contributed by atoms with Crippen LogP contribution in [0.1, 0.15) is 45.6 Å². The number of nitrogens with one attached hydrogen (secondary N) is 1. The van der Waals surface area contributed by atoms with Crippen molar-refractivity contribution in [1.82, 2.24) is 5.32 Å². The Kier molecular flexibility index (Phi) is 7.73. The molecular formula is C25H26Cl2N2O3S. The van der Waals surface area contributed by atoms with E-state index in [-0.39, 0.29) is 18.5 Å². The van der Waals surface area contributed by atoms with Crippen LogP contribution in [-0.4, -0.2) is 20.6 Å². The largest absolute Gasteiger partial charge is 0.346 e. The van der Waals surface area contributed by atoms with Crippen molar-refractivity contribution in [3.8, 4) is 0 Å². The number of rotatable bonds is 7. The molecule has 0 aliphatic heterocycles. The van der Waals surface area contributed by atoms with Crippen LogP contribution >= 0.6 is 23.2 Å². The fourth-order valence-electron chi connectivity index (χ4n) is 3.59. The van der Waals surface area contributed by atoms with Gasteiger partial charge < -0.3 is 5.32 Å². The second-order valence-electron chi connectivity index (χ2n) is 8.07. The molecule has 1 amide bonds. The zero-order valence-electron chi connectivity index (χ0n) is 18.9. The van der Waals surface area contributed by atoms with Gasteiger partial charge in [-0.2, -0.15) is 0 Å². The van der Waals surface area contributed by atoms with Gasteiger partial charge >= 0.3 is 0 Å². The van der Waals surface area contributed by atoms with Gasteiger partial charge in [-0.3, -0.25) is 9.10 Å². The molecule has 3 aromatic carbocycles. The Morgan fingerprint density at radius 2 is 1.61 bits per heavy atom. The summed E-state index contributed by atoms with van der Waals surface area (Å²) in [5.41, 5.74) is 4.63.